The molecule has 3 amide bonds. The van der Waals surface area contributed by atoms with Crippen molar-refractivity contribution in [3.05, 3.63) is 47.5 Å². The van der Waals surface area contributed by atoms with Gasteiger partial charge in [0.1, 0.15) is 35.3 Å². The lowest BCUT2D eigenvalue weighted by molar-refractivity contribution is -0.147. The maximum atomic E-state index is 12.8. The molecule has 0 spiro atoms. The standard InChI is InChI=1S/C34H45N3O10/c1-33(2,3)47-32(42)37-15-13-36(14-16-37)31(41)45-21-23-19-26(43-5)28(27(20-23)44-6)24-10-8-22(9-11-24)18-25(29(38)39)35-30(40)34(4)12-7-17-46-34/h8-11,19-20,25H,7,12-18,21H2,1-6H3,(H,35,40)(H,38,39)/t25-,34+/m0/s1. The summed E-state index contributed by atoms with van der Waals surface area (Å²) in [5, 5.41) is 12.4. The number of benzene rings is 2. The molecule has 2 aromatic rings. The number of nitrogens with one attached hydrogen (secondary N) is 1. The molecule has 2 fully saturated rings. The van der Waals surface area contributed by atoms with Crippen molar-refractivity contribution in [1.29, 1.82) is 0 Å². The molecule has 47 heavy (non-hydrogen) atoms. The summed E-state index contributed by atoms with van der Waals surface area (Å²) in [5.41, 5.74) is 1.19. The summed E-state index contributed by atoms with van der Waals surface area (Å²) in [4.78, 5) is 53.0. The maximum absolute atomic E-state index is 12.8. The summed E-state index contributed by atoms with van der Waals surface area (Å²) >= 11 is 0. The van der Waals surface area contributed by atoms with Crippen LogP contribution in [0, 0.1) is 0 Å². The summed E-state index contributed by atoms with van der Waals surface area (Å²) < 4.78 is 27.9. The normalized spacial score (nSPS) is 18.7. The number of hydrogen-bond donors (Lipinski definition) is 2. The molecule has 2 aromatic carbocycles. The van der Waals surface area contributed by atoms with Crippen molar-refractivity contribution >= 4 is 24.1 Å². The molecule has 0 unspecified atom stereocenters. The SMILES string of the molecule is COc1cc(COC(=O)N2CCN(C(=O)OC(C)(C)C)CC2)cc(OC)c1-c1ccc(C[C@H](NC(=O)[C@@]2(C)CCCO2)C(=O)O)cc1. The third-order valence-corrected chi connectivity index (χ3v) is 8.10. The second-order valence-electron chi connectivity index (χ2n) is 12.8. The molecule has 0 aliphatic carbocycles. The lowest BCUT2D eigenvalue weighted by Crippen LogP contribution is -2.51. The number of carbonyl (C=O) groups is 4. The average molecular weight is 656 g/mol. The number of carboxylic acids is 1. The molecule has 0 radical (unpaired) electrons. The Balaban J connectivity index is 1.39. The zero-order valence-electron chi connectivity index (χ0n) is 27.9. The number of carboxylic acid groups (broad SMARTS) is 1. The van der Waals surface area contributed by atoms with Crippen LogP contribution in [0.4, 0.5) is 9.59 Å². The van der Waals surface area contributed by atoms with Crippen molar-refractivity contribution in [2.75, 3.05) is 47.0 Å². The van der Waals surface area contributed by atoms with Crippen molar-refractivity contribution in [2.45, 2.75) is 70.8 Å². The molecule has 13 heteroatoms. The minimum absolute atomic E-state index is 0.0244. The van der Waals surface area contributed by atoms with E-state index in [1.807, 2.05) is 32.9 Å². The van der Waals surface area contributed by atoms with Gasteiger partial charge in [-0.05, 0) is 69.4 Å². The molecule has 0 aromatic heterocycles. The van der Waals surface area contributed by atoms with E-state index in [0.29, 0.717) is 67.4 Å². The van der Waals surface area contributed by atoms with E-state index >= 15 is 0 Å². The van der Waals surface area contributed by atoms with Crippen LogP contribution in [-0.2, 0) is 36.8 Å². The third kappa shape index (κ3) is 9.06. The van der Waals surface area contributed by atoms with Crippen molar-refractivity contribution in [1.82, 2.24) is 15.1 Å². The van der Waals surface area contributed by atoms with Crippen LogP contribution in [0.15, 0.2) is 36.4 Å². The largest absolute Gasteiger partial charge is 0.496 e. The summed E-state index contributed by atoms with van der Waals surface area (Å²) in [6.07, 6.45) is 0.480. The molecule has 2 saturated heterocycles. The van der Waals surface area contributed by atoms with Crippen LogP contribution < -0.4 is 14.8 Å². The number of carbonyl (C=O) groups excluding carboxylic acids is 3. The van der Waals surface area contributed by atoms with E-state index in [-0.39, 0.29) is 13.0 Å². The monoisotopic (exact) mass is 655 g/mol. The van der Waals surface area contributed by atoms with Crippen LogP contribution >= 0.6 is 0 Å². The zero-order valence-corrected chi connectivity index (χ0v) is 27.9. The number of methoxy groups -OCH3 is 2. The molecule has 0 saturated carbocycles. The minimum atomic E-state index is -1.13. The van der Waals surface area contributed by atoms with Gasteiger partial charge in [-0.25, -0.2) is 14.4 Å². The lowest BCUT2D eigenvalue weighted by Gasteiger charge is -2.35. The second kappa shape index (κ2) is 14.9. The smallest absolute Gasteiger partial charge is 0.410 e. The fourth-order valence-electron chi connectivity index (χ4n) is 5.48. The Labute approximate surface area is 275 Å². The van der Waals surface area contributed by atoms with Crippen LogP contribution in [-0.4, -0.2) is 103 Å². The van der Waals surface area contributed by atoms with Crippen molar-refractivity contribution < 1.29 is 48.0 Å². The van der Waals surface area contributed by atoms with Gasteiger partial charge < -0.3 is 43.9 Å². The van der Waals surface area contributed by atoms with Crippen molar-refractivity contribution in [3.63, 3.8) is 0 Å². The fraction of sp³-hybridized carbons (Fsp3) is 0.529. The van der Waals surface area contributed by atoms with Gasteiger partial charge >= 0.3 is 18.2 Å². The predicted molar refractivity (Wildman–Crippen MR) is 171 cm³/mol. The predicted octanol–water partition coefficient (Wildman–Crippen LogP) is 4.24. The van der Waals surface area contributed by atoms with Gasteiger partial charge in [-0.1, -0.05) is 24.3 Å². The van der Waals surface area contributed by atoms with Gasteiger partial charge in [-0.2, -0.15) is 0 Å². The molecular formula is C34H45N3O10. The molecule has 4 rings (SSSR count). The van der Waals surface area contributed by atoms with Gasteiger partial charge in [0.2, 0.25) is 0 Å². The number of piperazine rings is 1. The summed E-state index contributed by atoms with van der Waals surface area (Å²) in [5.74, 6) is -0.573. The number of nitrogens with zero attached hydrogens (tertiary/aromatic N) is 2. The van der Waals surface area contributed by atoms with Crippen LogP contribution in [0.1, 0.15) is 51.7 Å². The highest BCUT2D eigenvalue weighted by Crippen LogP contribution is 2.40. The third-order valence-electron chi connectivity index (χ3n) is 8.10. The topological polar surface area (TPSA) is 153 Å². The summed E-state index contributed by atoms with van der Waals surface area (Å²) in [6, 6.07) is 9.66. The molecule has 256 valence electrons. The van der Waals surface area contributed by atoms with Crippen molar-refractivity contribution in [2.24, 2.45) is 0 Å². The van der Waals surface area contributed by atoms with E-state index in [4.69, 9.17) is 23.7 Å². The van der Waals surface area contributed by atoms with E-state index in [2.05, 4.69) is 5.32 Å². The average Bonchev–Trinajstić information content (AvgIpc) is 3.50. The first-order valence-corrected chi connectivity index (χ1v) is 15.6. The van der Waals surface area contributed by atoms with Crippen LogP contribution in [0.2, 0.25) is 0 Å². The number of amides is 3. The fourth-order valence-corrected chi connectivity index (χ4v) is 5.48. The molecule has 2 aliphatic rings. The quantitative estimate of drug-likeness (QED) is 0.380. The van der Waals surface area contributed by atoms with E-state index in [1.165, 1.54) is 14.2 Å². The first-order valence-electron chi connectivity index (χ1n) is 15.6. The zero-order chi connectivity index (χ0) is 34.4. The van der Waals surface area contributed by atoms with Gasteiger partial charge in [0, 0.05) is 39.2 Å². The molecule has 2 N–H and O–H groups in total. The van der Waals surface area contributed by atoms with Crippen LogP contribution in [0.3, 0.4) is 0 Å². The Morgan fingerprint density at radius 3 is 2.00 bits per heavy atom. The Bertz CT molecular complexity index is 1410. The Hall–Kier alpha value is -4.52. The lowest BCUT2D eigenvalue weighted by atomic mass is 9.97. The molecule has 2 heterocycles. The first-order chi connectivity index (χ1) is 22.2. The summed E-state index contributed by atoms with van der Waals surface area (Å²) in [7, 11) is 3.06. The maximum Gasteiger partial charge on any atom is 0.410 e. The Morgan fingerprint density at radius 1 is 0.936 bits per heavy atom. The minimum Gasteiger partial charge on any atom is -0.496 e. The van der Waals surface area contributed by atoms with Crippen LogP contribution in [0.25, 0.3) is 11.1 Å². The van der Waals surface area contributed by atoms with E-state index < -0.39 is 41.3 Å². The molecule has 2 aliphatic heterocycles. The highest BCUT2D eigenvalue weighted by molar-refractivity contribution is 5.89. The number of ether oxygens (including phenoxy) is 5. The van der Waals surface area contributed by atoms with Gasteiger partial charge in [-0.15, -0.1) is 0 Å². The van der Waals surface area contributed by atoms with E-state index in [0.717, 1.165) is 12.0 Å². The summed E-state index contributed by atoms with van der Waals surface area (Å²) in [6.45, 7) is 8.89. The van der Waals surface area contributed by atoms with Crippen molar-refractivity contribution in [3.8, 4) is 22.6 Å². The molecular weight excluding hydrogens is 610 g/mol. The van der Waals surface area contributed by atoms with Gasteiger partial charge in [0.15, 0.2) is 0 Å². The highest BCUT2D eigenvalue weighted by Gasteiger charge is 2.39. The van der Waals surface area contributed by atoms with Gasteiger partial charge in [0.05, 0.1) is 19.8 Å². The molecule has 13 nitrogen and oxygen atoms in total. The second-order valence-corrected chi connectivity index (χ2v) is 12.8. The first kappa shape index (κ1) is 35.3. The van der Waals surface area contributed by atoms with E-state index in [1.54, 1.807) is 41.0 Å². The molecule has 2 atom stereocenters. The Kier molecular flexibility index (Phi) is 11.2. The highest BCUT2D eigenvalue weighted by atomic mass is 16.6. The number of hydrogen-bond acceptors (Lipinski definition) is 9. The van der Waals surface area contributed by atoms with Crippen LogP contribution in [0.5, 0.6) is 11.5 Å². The van der Waals surface area contributed by atoms with E-state index in [9.17, 15) is 24.3 Å². The van der Waals surface area contributed by atoms with Gasteiger partial charge in [-0.3, -0.25) is 4.79 Å². The Morgan fingerprint density at radius 2 is 1.51 bits per heavy atom. The number of rotatable bonds is 10. The number of aliphatic carboxylic acids is 1. The molecule has 0 bridgehead atoms. The van der Waals surface area contributed by atoms with Gasteiger partial charge in [0.25, 0.3) is 5.91 Å².